The molecule has 6 heteroatoms. The standard InChI is InChI=1S/C24H24FN3O2/c25-21-8-6-19(7-9-21)23(18-4-2-1-3-5-18)28-14-12-27(13-15-28)17-22-16-20(24(29)30)10-11-26-22/h1-11,16,23H,12-15,17H2,(H,29,30). The van der Waals surface area contributed by atoms with Crippen LogP contribution in [0.2, 0.25) is 0 Å². The number of pyridine rings is 1. The number of rotatable bonds is 6. The molecule has 0 aliphatic carbocycles. The van der Waals surface area contributed by atoms with Crippen molar-refractivity contribution in [3.63, 3.8) is 0 Å². The van der Waals surface area contributed by atoms with Crippen molar-refractivity contribution in [3.8, 4) is 0 Å². The van der Waals surface area contributed by atoms with Crippen molar-refractivity contribution in [1.82, 2.24) is 14.8 Å². The molecule has 5 nitrogen and oxygen atoms in total. The molecule has 1 atom stereocenters. The topological polar surface area (TPSA) is 56.7 Å². The molecule has 1 aliphatic heterocycles. The number of carbonyl (C=O) groups is 1. The van der Waals surface area contributed by atoms with Crippen molar-refractivity contribution >= 4 is 5.97 Å². The first-order valence-electron chi connectivity index (χ1n) is 10.1. The minimum Gasteiger partial charge on any atom is -0.478 e. The fraction of sp³-hybridized carbons (Fsp3) is 0.250. The molecule has 4 rings (SSSR count). The maximum atomic E-state index is 13.5. The number of hydrogen-bond acceptors (Lipinski definition) is 4. The molecule has 1 aliphatic rings. The zero-order valence-corrected chi connectivity index (χ0v) is 16.6. The Morgan fingerprint density at radius 1 is 0.967 bits per heavy atom. The Morgan fingerprint density at radius 3 is 2.30 bits per heavy atom. The highest BCUT2D eigenvalue weighted by atomic mass is 19.1. The average molecular weight is 405 g/mol. The summed E-state index contributed by atoms with van der Waals surface area (Å²) in [4.78, 5) is 20.2. The number of hydrogen-bond donors (Lipinski definition) is 1. The number of piperazine rings is 1. The summed E-state index contributed by atoms with van der Waals surface area (Å²) in [5, 5.41) is 9.17. The van der Waals surface area contributed by atoms with Gasteiger partial charge in [0.1, 0.15) is 5.82 Å². The maximum absolute atomic E-state index is 13.5. The SMILES string of the molecule is O=C(O)c1ccnc(CN2CCN(C(c3ccccc3)c3ccc(F)cc3)CC2)c1. The molecule has 30 heavy (non-hydrogen) atoms. The number of carboxylic acid groups (broad SMARTS) is 1. The van der Waals surface area contributed by atoms with Crippen LogP contribution in [0.1, 0.15) is 33.2 Å². The minimum atomic E-state index is -0.937. The third-order valence-corrected chi connectivity index (χ3v) is 5.52. The first kappa shape index (κ1) is 20.2. The summed E-state index contributed by atoms with van der Waals surface area (Å²) >= 11 is 0. The van der Waals surface area contributed by atoms with Crippen LogP contribution in [0.5, 0.6) is 0 Å². The van der Waals surface area contributed by atoms with Crippen LogP contribution in [0, 0.1) is 5.82 Å². The van der Waals surface area contributed by atoms with E-state index in [1.165, 1.54) is 23.8 Å². The number of carboxylic acids is 1. The van der Waals surface area contributed by atoms with Crippen molar-refractivity contribution in [2.75, 3.05) is 26.2 Å². The van der Waals surface area contributed by atoms with Gasteiger partial charge in [-0.3, -0.25) is 14.8 Å². The zero-order chi connectivity index (χ0) is 20.9. The smallest absolute Gasteiger partial charge is 0.335 e. The van der Waals surface area contributed by atoms with Crippen LogP contribution in [0.3, 0.4) is 0 Å². The summed E-state index contributed by atoms with van der Waals surface area (Å²) in [6.07, 6.45) is 1.55. The molecular formula is C24H24FN3O2. The van der Waals surface area contributed by atoms with Crippen molar-refractivity contribution in [1.29, 1.82) is 0 Å². The molecule has 0 spiro atoms. The van der Waals surface area contributed by atoms with Crippen LogP contribution < -0.4 is 0 Å². The Bertz CT molecular complexity index is 987. The molecule has 3 aromatic rings. The molecule has 154 valence electrons. The van der Waals surface area contributed by atoms with Gasteiger partial charge in [0.2, 0.25) is 0 Å². The molecule has 0 saturated carbocycles. The lowest BCUT2D eigenvalue weighted by Gasteiger charge is -2.39. The summed E-state index contributed by atoms with van der Waals surface area (Å²) < 4.78 is 13.5. The molecule has 0 radical (unpaired) electrons. The van der Waals surface area contributed by atoms with E-state index in [9.17, 15) is 14.3 Å². The Hall–Kier alpha value is -3.09. The zero-order valence-electron chi connectivity index (χ0n) is 16.6. The van der Waals surface area contributed by atoms with Gasteiger partial charge in [0.15, 0.2) is 0 Å². The van der Waals surface area contributed by atoms with E-state index in [4.69, 9.17) is 0 Å². The molecule has 1 saturated heterocycles. The number of benzene rings is 2. The first-order chi connectivity index (χ1) is 14.6. The highest BCUT2D eigenvalue weighted by Gasteiger charge is 2.26. The van der Waals surface area contributed by atoms with Crippen LogP contribution >= 0.6 is 0 Å². The molecule has 1 unspecified atom stereocenters. The first-order valence-corrected chi connectivity index (χ1v) is 10.1. The Kier molecular flexibility index (Phi) is 6.16. The lowest BCUT2D eigenvalue weighted by molar-refractivity contribution is 0.0696. The second-order valence-electron chi connectivity index (χ2n) is 7.52. The fourth-order valence-electron chi connectivity index (χ4n) is 4.00. The van der Waals surface area contributed by atoms with E-state index >= 15 is 0 Å². The van der Waals surface area contributed by atoms with E-state index in [0.29, 0.717) is 6.54 Å². The quantitative estimate of drug-likeness (QED) is 0.676. The molecule has 2 heterocycles. The van der Waals surface area contributed by atoms with Gasteiger partial charge in [0, 0.05) is 38.9 Å². The van der Waals surface area contributed by atoms with Gasteiger partial charge in [-0.25, -0.2) is 9.18 Å². The van der Waals surface area contributed by atoms with Crippen molar-refractivity contribution < 1.29 is 14.3 Å². The fourth-order valence-corrected chi connectivity index (χ4v) is 4.00. The Balaban J connectivity index is 1.47. The van der Waals surface area contributed by atoms with Gasteiger partial charge in [-0.05, 0) is 35.4 Å². The predicted molar refractivity (Wildman–Crippen MR) is 113 cm³/mol. The second kappa shape index (κ2) is 9.15. The third-order valence-electron chi connectivity index (χ3n) is 5.52. The van der Waals surface area contributed by atoms with Gasteiger partial charge < -0.3 is 5.11 Å². The van der Waals surface area contributed by atoms with Gasteiger partial charge in [-0.1, -0.05) is 42.5 Å². The molecule has 1 aromatic heterocycles. The average Bonchev–Trinajstić information content (AvgIpc) is 2.77. The number of aromatic nitrogens is 1. The second-order valence-corrected chi connectivity index (χ2v) is 7.52. The van der Waals surface area contributed by atoms with E-state index in [-0.39, 0.29) is 17.4 Å². The molecule has 1 fully saturated rings. The van der Waals surface area contributed by atoms with Crippen LogP contribution in [0.25, 0.3) is 0 Å². The van der Waals surface area contributed by atoms with Gasteiger partial charge in [0.25, 0.3) is 0 Å². The molecule has 0 amide bonds. The summed E-state index contributed by atoms with van der Waals surface area (Å²) in [6, 6.07) is 20.3. The highest BCUT2D eigenvalue weighted by Crippen LogP contribution is 2.30. The number of halogens is 1. The Morgan fingerprint density at radius 2 is 1.63 bits per heavy atom. The normalized spacial score (nSPS) is 16.3. The van der Waals surface area contributed by atoms with Gasteiger partial charge in [-0.2, -0.15) is 0 Å². The van der Waals surface area contributed by atoms with Crippen LogP contribution in [0.4, 0.5) is 4.39 Å². The highest BCUT2D eigenvalue weighted by molar-refractivity contribution is 5.87. The molecular weight excluding hydrogens is 381 g/mol. The molecule has 2 aromatic carbocycles. The van der Waals surface area contributed by atoms with Crippen molar-refractivity contribution in [2.24, 2.45) is 0 Å². The van der Waals surface area contributed by atoms with E-state index in [2.05, 4.69) is 26.9 Å². The monoisotopic (exact) mass is 405 g/mol. The predicted octanol–water partition coefficient (Wildman–Crippen LogP) is 3.83. The summed E-state index contributed by atoms with van der Waals surface area (Å²) in [6.45, 7) is 4.04. The molecule has 0 bridgehead atoms. The maximum Gasteiger partial charge on any atom is 0.335 e. The van der Waals surface area contributed by atoms with Gasteiger partial charge in [-0.15, -0.1) is 0 Å². The van der Waals surface area contributed by atoms with Crippen LogP contribution in [-0.2, 0) is 6.54 Å². The van der Waals surface area contributed by atoms with Crippen molar-refractivity contribution in [3.05, 3.63) is 101 Å². The van der Waals surface area contributed by atoms with Crippen LogP contribution in [0.15, 0.2) is 72.9 Å². The largest absolute Gasteiger partial charge is 0.478 e. The number of nitrogens with zero attached hydrogens (tertiary/aromatic N) is 3. The summed E-state index contributed by atoms with van der Waals surface area (Å²) in [5.74, 6) is -1.17. The van der Waals surface area contributed by atoms with Gasteiger partial charge in [0.05, 0.1) is 17.3 Å². The summed E-state index contributed by atoms with van der Waals surface area (Å²) in [5.41, 5.74) is 3.29. The van der Waals surface area contributed by atoms with E-state index < -0.39 is 5.97 Å². The molecule has 1 N–H and O–H groups in total. The third kappa shape index (κ3) is 4.72. The lowest BCUT2D eigenvalue weighted by Crippen LogP contribution is -2.47. The van der Waals surface area contributed by atoms with E-state index in [1.54, 1.807) is 12.3 Å². The van der Waals surface area contributed by atoms with E-state index in [1.807, 2.05) is 30.3 Å². The van der Waals surface area contributed by atoms with Crippen LogP contribution in [-0.4, -0.2) is 52.0 Å². The summed E-state index contributed by atoms with van der Waals surface area (Å²) in [7, 11) is 0. The number of aromatic carboxylic acids is 1. The van der Waals surface area contributed by atoms with Gasteiger partial charge >= 0.3 is 5.97 Å². The van der Waals surface area contributed by atoms with Crippen molar-refractivity contribution in [2.45, 2.75) is 12.6 Å². The Labute approximate surface area is 175 Å². The van der Waals surface area contributed by atoms with E-state index in [0.717, 1.165) is 37.4 Å². The minimum absolute atomic E-state index is 0.0717. The lowest BCUT2D eigenvalue weighted by atomic mass is 9.96.